The minimum Gasteiger partial charge on any atom is -0.486 e. The molecule has 0 atom stereocenters. The van der Waals surface area contributed by atoms with E-state index in [9.17, 15) is 4.79 Å². The number of benzene rings is 1. The first-order valence-electron chi connectivity index (χ1n) is 10.2. The third-order valence-corrected chi connectivity index (χ3v) is 5.69. The lowest BCUT2D eigenvalue weighted by atomic mass is 10.1. The van der Waals surface area contributed by atoms with Gasteiger partial charge >= 0.3 is 0 Å². The lowest BCUT2D eigenvalue weighted by Gasteiger charge is -2.26. The number of ketones is 1. The Labute approximate surface area is 169 Å². The Hall–Kier alpha value is -2.86. The van der Waals surface area contributed by atoms with Crippen molar-refractivity contribution in [2.75, 3.05) is 26.3 Å². The summed E-state index contributed by atoms with van der Waals surface area (Å²) in [6.45, 7) is 5.97. The maximum atomic E-state index is 13.1. The molecule has 1 saturated heterocycles. The summed E-state index contributed by atoms with van der Waals surface area (Å²) in [7, 11) is 0. The second-order valence-electron chi connectivity index (χ2n) is 7.75. The molecule has 0 amide bonds. The van der Waals surface area contributed by atoms with Gasteiger partial charge in [-0.05, 0) is 62.7 Å². The summed E-state index contributed by atoms with van der Waals surface area (Å²) in [5.41, 5.74) is 3.12. The molecule has 0 unspecified atom stereocenters. The Bertz CT molecular complexity index is 1070. The maximum Gasteiger partial charge on any atom is 0.228 e. The molecule has 4 heterocycles. The van der Waals surface area contributed by atoms with Gasteiger partial charge in [-0.25, -0.2) is 0 Å². The van der Waals surface area contributed by atoms with Crippen LogP contribution in [0.25, 0.3) is 11.0 Å². The van der Waals surface area contributed by atoms with E-state index in [1.54, 1.807) is 18.2 Å². The molecular formula is C23H24N2O4. The van der Waals surface area contributed by atoms with E-state index in [2.05, 4.69) is 9.88 Å². The van der Waals surface area contributed by atoms with Gasteiger partial charge in [0.1, 0.15) is 13.2 Å². The molecule has 1 aromatic carbocycles. The molecule has 0 saturated carbocycles. The summed E-state index contributed by atoms with van der Waals surface area (Å²) in [5, 5.41) is 0.976. The first-order chi connectivity index (χ1) is 14.2. The highest BCUT2D eigenvalue weighted by Gasteiger charge is 2.21. The molecule has 29 heavy (non-hydrogen) atoms. The first kappa shape index (κ1) is 18.2. The fourth-order valence-corrected chi connectivity index (χ4v) is 4.12. The van der Waals surface area contributed by atoms with Gasteiger partial charge in [0.2, 0.25) is 5.78 Å². The predicted octanol–water partition coefficient (Wildman–Crippen LogP) is 4.12. The number of likely N-dealkylation sites (tertiary alicyclic amines) is 1. The average Bonchev–Trinajstić information content (AvgIpc) is 3.22. The number of carbonyl (C=O) groups excluding carboxylic acids is 1. The third kappa shape index (κ3) is 3.49. The fourth-order valence-electron chi connectivity index (χ4n) is 4.12. The Balaban J connectivity index is 1.48. The molecule has 0 N–H and O–H groups in total. The predicted molar refractivity (Wildman–Crippen MR) is 109 cm³/mol. The fraction of sp³-hybridized carbons (Fsp3) is 0.391. The molecule has 5 rings (SSSR count). The van der Waals surface area contributed by atoms with Crippen molar-refractivity contribution in [3.63, 3.8) is 0 Å². The van der Waals surface area contributed by atoms with Crippen LogP contribution in [0.5, 0.6) is 11.5 Å². The lowest BCUT2D eigenvalue weighted by Crippen LogP contribution is -2.29. The van der Waals surface area contributed by atoms with Crippen molar-refractivity contribution in [2.45, 2.75) is 32.7 Å². The number of aryl methyl sites for hydroxylation is 1. The van der Waals surface area contributed by atoms with E-state index >= 15 is 0 Å². The van der Waals surface area contributed by atoms with Crippen molar-refractivity contribution in [2.24, 2.45) is 0 Å². The van der Waals surface area contributed by atoms with Gasteiger partial charge in [-0.3, -0.25) is 14.7 Å². The SMILES string of the molecule is Cc1ncc(CN2CCCCC2)c2cc(C(=O)c3ccc4c(c3)OCCO4)oc12. The number of carbonyl (C=O) groups is 1. The largest absolute Gasteiger partial charge is 0.486 e. The molecule has 2 aliphatic rings. The van der Waals surface area contributed by atoms with Crippen molar-refractivity contribution in [1.82, 2.24) is 9.88 Å². The quantitative estimate of drug-likeness (QED) is 0.622. The number of hydrogen-bond donors (Lipinski definition) is 0. The standard InChI is InChI=1S/C23H24N2O4/c1-15-23-18(17(13-24-15)14-25-7-3-2-4-8-25)12-21(29-23)22(26)16-5-6-19-20(11-16)28-10-9-27-19/h5-6,11-13H,2-4,7-10,14H2,1H3. The van der Waals surface area contributed by atoms with E-state index in [0.717, 1.165) is 36.3 Å². The van der Waals surface area contributed by atoms with Gasteiger partial charge in [0.05, 0.1) is 5.69 Å². The van der Waals surface area contributed by atoms with Crippen molar-refractivity contribution in [3.05, 3.63) is 53.0 Å². The summed E-state index contributed by atoms with van der Waals surface area (Å²) in [6, 6.07) is 7.12. The van der Waals surface area contributed by atoms with Crippen LogP contribution in [0, 0.1) is 6.92 Å². The number of aromatic nitrogens is 1. The van der Waals surface area contributed by atoms with Crippen molar-refractivity contribution < 1.29 is 18.7 Å². The van der Waals surface area contributed by atoms with Crippen molar-refractivity contribution in [3.8, 4) is 11.5 Å². The van der Waals surface area contributed by atoms with Crippen LogP contribution in [0.1, 0.15) is 46.6 Å². The smallest absolute Gasteiger partial charge is 0.228 e. The molecule has 6 nitrogen and oxygen atoms in total. The summed E-state index contributed by atoms with van der Waals surface area (Å²) in [5.74, 6) is 1.43. The minimum atomic E-state index is -0.165. The lowest BCUT2D eigenvalue weighted by molar-refractivity contribution is 0.101. The molecule has 0 bridgehead atoms. The average molecular weight is 392 g/mol. The van der Waals surface area contributed by atoms with Crippen LogP contribution in [0.15, 0.2) is 34.9 Å². The van der Waals surface area contributed by atoms with Gasteiger partial charge in [0.25, 0.3) is 0 Å². The van der Waals surface area contributed by atoms with Crippen LogP contribution in [-0.4, -0.2) is 42.0 Å². The molecule has 0 aliphatic carbocycles. The zero-order valence-electron chi connectivity index (χ0n) is 16.6. The van der Waals surface area contributed by atoms with E-state index in [0.29, 0.717) is 41.6 Å². The topological polar surface area (TPSA) is 64.8 Å². The molecule has 1 fully saturated rings. The number of rotatable bonds is 4. The molecule has 2 aromatic heterocycles. The van der Waals surface area contributed by atoms with Gasteiger partial charge in [0, 0.05) is 23.7 Å². The van der Waals surface area contributed by atoms with E-state index in [4.69, 9.17) is 13.9 Å². The second kappa shape index (κ2) is 7.52. The van der Waals surface area contributed by atoms with Crippen molar-refractivity contribution in [1.29, 1.82) is 0 Å². The minimum absolute atomic E-state index is 0.165. The van der Waals surface area contributed by atoms with Crippen LogP contribution >= 0.6 is 0 Å². The van der Waals surface area contributed by atoms with Gasteiger partial charge in [0.15, 0.2) is 22.8 Å². The maximum absolute atomic E-state index is 13.1. The van der Waals surface area contributed by atoms with Crippen LogP contribution in [0.4, 0.5) is 0 Å². The van der Waals surface area contributed by atoms with E-state index in [1.807, 2.05) is 19.2 Å². The normalized spacial score (nSPS) is 16.9. The molecule has 0 spiro atoms. The number of ether oxygens (including phenoxy) is 2. The zero-order valence-corrected chi connectivity index (χ0v) is 16.6. The molecule has 2 aliphatic heterocycles. The highest BCUT2D eigenvalue weighted by Crippen LogP contribution is 2.33. The molecule has 150 valence electrons. The Morgan fingerprint density at radius 3 is 2.69 bits per heavy atom. The van der Waals surface area contributed by atoms with E-state index < -0.39 is 0 Å². The van der Waals surface area contributed by atoms with Crippen molar-refractivity contribution >= 4 is 16.8 Å². The Morgan fingerprint density at radius 1 is 1.07 bits per heavy atom. The summed E-state index contributed by atoms with van der Waals surface area (Å²) in [4.78, 5) is 20.0. The molecule has 0 radical (unpaired) electrons. The monoisotopic (exact) mass is 392 g/mol. The van der Waals surface area contributed by atoms with Gasteiger partial charge in [-0.2, -0.15) is 0 Å². The number of pyridine rings is 1. The highest BCUT2D eigenvalue weighted by atomic mass is 16.6. The Morgan fingerprint density at radius 2 is 1.86 bits per heavy atom. The number of nitrogens with zero attached hydrogens (tertiary/aromatic N) is 2. The number of piperidine rings is 1. The van der Waals surface area contributed by atoms with E-state index in [-0.39, 0.29) is 5.78 Å². The van der Waals surface area contributed by atoms with E-state index in [1.165, 1.54) is 19.3 Å². The Kier molecular flexibility index (Phi) is 4.72. The first-order valence-corrected chi connectivity index (χ1v) is 10.2. The third-order valence-electron chi connectivity index (χ3n) is 5.69. The van der Waals surface area contributed by atoms with Crippen LogP contribution in [0.2, 0.25) is 0 Å². The van der Waals surface area contributed by atoms with Gasteiger partial charge in [-0.15, -0.1) is 0 Å². The molecule has 3 aromatic rings. The summed E-state index contributed by atoms with van der Waals surface area (Å²) >= 11 is 0. The number of furan rings is 1. The number of hydrogen-bond acceptors (Lipinski definition) is 6. The second-order valence-corrected chi connectivity index (χ2v) is 7.75. The summed E-state index contributed by atoms with van der Waals surface area (Å²) < 4.78 is 17.1. The van der Waals surface area contributed by atoms with Gasteiger partial charge in [-0.1, -0.05) is 6.42 Å². The molecule has 6 heteroatoms. The molecular weight excluding hydrogens is 368 g/mol. The number of fused-ring (bicyclic) bond motifs is 2. The van der Waals surface area contributed by atoms with Crippen LogP contribution in [0.3, 0.4) is 0 Å². The van der Waals surface area contributed by atoms with Gasteiger partial charge < -0.3 is 13.9 Å². The van der Waals surface area contributed by atoms with Crippen LogP contribution in [-0.2, 0) is 6.54 Å². The summed E-state index contributed by atoms with van der Waals surface area (Å²) in [6.07, 6.45) is 5.70. The zero-order chi connectivity index (χ0) is 19.8. The highest BCUT2D eigenvalue weighted by molar-refractivity contribution is 6.09. The van der Waals surface area contributed by atoms with Crippen LogP contribution < -0.4 is 9.47 Å².